The number of aromatic amines is 1. The first-order valence-corrected chi connectivity index (χ1v) is 6.26. The molecule has 1 unspecified atom stereocenters. The number of methoxy groups -OCH3 is 1. The zero-order chi connectivity index (χ0) is 15.2. The normalized spacial score (nSPS) is 11.7. The largest absolute Gasteiger partial charge is 0.467 e. The molecular weight excluding hydrogens is 274 g/mol. The van der Waals surface area contributed by atoms with Gasteiger partial charge in [0, 0.05) is 5.56 Å². The molecule has 0 saturated carbocycles. The first kappa shape index (κ1) is 14.7. The summed E-state index contributed by atoms with van der Waals surface area (Å²) >= 11 is 0. The van der Waals surface area contributed by atoms with E-state index in [1.165, 1.54) is 6.20 Å². The molecule has 0 aliphatic carbocycles. The van der Waals surface area contributed by atoms with Gasteiger partial charge in [-0.3, -0.25) is 9.89 Å². The Hall–Kier alpha value is -2.67. The summed E-state index contributed by atoms with van der Waals surface area (Å²) in [4.78, 5) is 23.1. The Bertz CT molecular complexity index is 624. The number of H-pyrrole nitrogens is 1. The highest BCUT2D eigenvalue weighted by molar-refractivity contribution is 5.99. The molecule has 1 heterocycles. The summed E-state index contributed by atoms with van der Waals surface area (Å²) in [6.07, 6.45) is -0.00614. The molecule has 7 nitrogen and oxygen atoms in total. The van der Waals surface area contributed by atoms with E-state index in [2.05, 4.69) is 20.3 Å². The van der Waals surface area contributed by atoms with Crippen molar-refractivity contribution < 1.29 is 19.4 Å². The Labute approximate surface area is 120 Å². The molecule has 0 saturated heterocycles. The van der Waals surface area contributed by atoms with Crippen LogP contribution in [0.3, 0.4) is 0 Å². The third-order valence-corrected chi connectivity index (χ3v) is 2.88. The van der Waals surface area contributed by atoms with Gasteiger partial charge in [-0.2, -0.15) is 5.10 Å². The lowest BCUT2D eigenvalue weighted by Gasteiger charge is -2.09. The van der Waals surface area contributed by atoms with Gasteiger partial charge in [0.25, 0.3) is 5.91 Å². The number of carbonyl (C=O) groups excluding carboxylic acids is 2. The Kier molecular flexibility index (Phi) is 4.68. The van der Waals surface area contributed by atoms with Crippen LogP contribution in [0.2, 0.25) is 0 Å². The number of carbonyl (C=O) groups is 2. The molecule has 1 aromatic carbocycles. The molecule has 2 aromatic rings. The lowest BCUT2D eigenvalue weighted by Crippen LogP contribution is -2.37. The van der Waals surface area contributed by atoms with Crippen molar-refractivity contribution in [3.8, 4) is 11.3 Å². The highest BCUT2D eigenvalue weighted by Crippen LogP contribution is 2.20. The molecule has 7 heteroatoms. The number of esters is 1. The number of aliphatic hydroxyl groups is 1. The van der Waals surface area contributed by atoms with E-state index in [9.17, 15) is 14.7 Å². The summed E-state index contributed by atoms with van der Waals surface area (Å²) in [7, 11) is 1.16. The van der Waals surface area contributed by atoms with E-state index in [0.717, 1.165) is 12.7 Å². The van der Waals surface area contributed by atoms with Crippen LogP contribution in [0.25, 0.3) is 11.3 Å². The van der Waals surface area contributed by atoms with E-state index in [0.29, 0.717) is 11.3 Å². The monoisotopic (exact) mass is 289 g/mol. The second kappa shape index (κ2) is 6.67. The maximum atomic E-state index is 12.1. The van der Waals surface area contributed by atoms with Gasteiger partial charge in [0.1, 0.15) is 0 Å². The topological polar surface area (TPSA) is 104 Å². The van der Waals surface area contributed by atoms with Crippen LogP contribution in [-0.4, -0.2) is 46.9 Å². The lowest BCUT2D eigenvalue weighted by atomic mass is 10.1. The zero-order valence-corrected chi connectivity index (χ0v) is 11.4. The summed E-state index contributed by atoms with van der Waals surface area (Å²) in [5, 5.41) is 18.5. The van der Waals surface area contributed by atoms with Gasteiger partial charge in [-0.1, -0.05) is 30.3 Å². The minimum absolute atomic E-state index is 0.231. The minimum atomic E-state index is -1.40. The van der Waals surface area contributed by atoms with E-state index in [1.54, 1.807) is 0 Å². The maximum Gasteiger partial charge on any atom is 0.336 e. The number of hydrogen-bond donors (Lipinski definition) is 3. The molecule has 0 aliphatic rings. The first-order valence-electron chi connectivity index (χ1n) is 6.26. The smallest absolute Gasteiger partial charge is 0.336 e. The van der Waals surface area contributed by atoms with E-state index >= 15 is 0 Å². The van der Waals surface area contributed by atoms with Crippen molar-refractivity contribution in [1.82, 2.24) is 15.5 Å². The molecule has 2 rings (SSSR count). The average Bonchev–Trinajstić information content (AvgIpc) is 3.01. The summed E-state index contributed by atoms with van der Waals surface area (Å²) in [6, 6.07) is 9.24. The van der Waals surface area contributed by atoms with Gasteiger partial charge in [0.2, 0.25) is 0 Å². The number of nitrogens with zero attached hydrogens (tertiary/aromatic N) is 1. The number of rotatable bonds is 5. The number of nitrogens with one attached hydrogen (secondary N) is 2. The van der Waals surface area contributed by atoms with Crippen molar-refractivity contribution in [2.24, 2.45) is 0 Å². The lowest BCUT2D eigenvalue weighted by molar-refractivity contribution is -0.149. The van der Waals surface area contributed by atoms with Crippen LogP contribution in [0.15, 0.2) is 36.5 Å². The number of hydrogen-bond acceptors (Lipinski definition) is 5. The van der Waals surface area contributed by atoms with Crippen molar-refractivity contribution in [3.05, 3.63) is 42.1 Å². The van der Waals surface area contributed by atoms with Gasteiger partial charge >= 0.3 is 5.97 Å². The molecule has 0 spiro atoms. The van der Waals surface area contributed by atoms with Gasteiger partial charge in [0.15, 0.2) is 6.10 Å². The van der Waals surface area contributed by atoms with Crippen LogP contribution in [0, 0.1) is 0 Å². The second-order valence-electron chi connectivity index (χ2n) is 4.27. The minimum Gasteiger partial charge on any atom is -0.467 e. The van der Waals surface area contributed by atoms with Gasteiger partial charge in [-0.25, -0.2) is 4.79 Å². The maximum absolute atomic E-state index is 12.1. The van der Waals surface area contributed by atoms with Crippen LogP contribution in [-0.2, 0) is 9.53 Å². The predicted octanol–water partition coefficient (Wildman–Crippen LogP) is 0.340. The fraction of sp³-hybridized carbons (Fsp3) is 0.214. The van der Waals surface area contributed by atoms with Crippen molar-refractivity contribution in [3.63, 3.8) is 0 Å². The van der Waals surface area contributed by atoms with Crippen LogP contribution in [0.4, 0.5) is 0 Å². The van der Waals surface area contributed by atoms with Crippen molar-refractivity contribution in [2.45, 2.75) is 6.10 Å². The molecule has 0 radical (unpaired) electrons. The van der Waals surface area contributed by atoms with Crippen LogP contribution >= 0.6 is 0 Å². The van der Waals surface area contributed by atoms with Gasteiger partial charge in [-0.15, -0.1) is 0 Å². The average molecular weight is 289 g/mol. The molecule has 0 fully saturated rings. The van der Waals surface area contributed by atoms with E-state index < -0.39 is 18.0 Å². The molecule has 3 N–H and O–H groups in total. The fourth-order valence-electron chi connectivity index (χ4n) is 1.79. The highest BCUT2D eigenvalue weighted by atomic mass is 16.5. The molecule has 1 aromatic heterocycles. The Morgan fingerprint density at radius 1 is 1.38 bits per heavy atom. The van der Waals surface area contributed by atoms with Crippen LogP contribution in [0.5, 0.6) is 0 Å². The van der Waals surface area contributed by atoms with Gasteiger partial charge < -0.3 is 15.2 Å². The van der Waals surface area contributed by atoms with Crippen molar-refractivity contribution in [2.75, 3.05) is 13.7 Å². The Morgan fingerprint density at radius 2 is 2.10 bits per heavy atom. The van der Waals surface area contributed by atoms with Crippen molar-refractivity contribution >= 4 is 11.9 Å². The number of ether oxygens (including phenoxy) is 1. The summed E-state index contributed by atoms with van der Waals surface area (Å²) in [6.45, 7) is -0.231. The molecule has 1 amide bonds. The summed E-state index contributed by atoms with van der Waals surface area (Å²) < 4.78 is 4.37. The first-order chi connectivity index (χ1) is 10.1. The summed E-state index contributed by atoms with van der Waals surface area (Å²) in [5.74, 6) is -1.24. The third kappa shape index (κ3) is 3.46. The molecule has 1 atom stereocenters. The molecule has 0 aliphatic heterocycles. The fourth-order valence-corrected chi connectivity index (χ4v) is 1.79. The Balaban J connectivity index is 2.08. The van der Waals surface area contributed by atoms with Gasteiger partial charge in [-0.05, 0) is 0 Å². The highest BCUT2D eigenvalue weighted by Gasteiger charge is 2.19. The van der Waals surface area contributed by atoms with E-state index in [4.69, 9.17) is 0 Å². The number of benzene rings is 1. The van der Waals surface area contributed by atoms with E-state index in [-0.39, 0.29) is 6.54 Å². The Morgan fingerprint density at radius 3 is 2.76 bits per heavy atom. The molecular formula is C14H15N3O4. The van der Waals surface area contributed by atoms with Crippen LogP contribution < -0.4 is 5.32 Å². The van der Waals surface area contributed by atoms with Gasteiger partial charge in [0.05, 0.1) is 31.1 Å². The standard InChI is InChI=1S/C14H15N3O4/c1-21-14(20)11(18)8-15-13(19)10-7-16-17-12(10)9-5-3-2-4-6-9/h2-7,11,18H,8H2,1H3,(H,15,19)(H,16,17). The zero-order valence-electron chi connectivity index (χ0n) is 11.4. The molecule has 21 heavy (non-hydrogen) atoms. The SMILES string of the molecule is COC(=O)C(O)CNC(=O)c1cn[nH]c1-c1ccccc1. The van der Waals surface area contributed by atoms with E-state index in [1.807, 2.05) is 30.3 Å². The predicted molar refractivity (Wildman–Crippen MR) is 74.4 cm³/mol. The number of aromatic nitrogens is 2. The molecule has 0 bridgehead atoms. The second-order valence-corrected chi connectivity index (χ2v) is 4.27. The molecule has 110 valence electrons. The quantitative estimate of drug-likeness (QED) is 0.689. The number of amides is 1. The van der Waals surface area contributed by atoms with Crippen LogP contribution in [0.1, 0.15) is 10.4 Å². The summed E-state index contributed by atoms with van der Waals surface area (Å²) in [5.41, 5.74) is 1.72. The number of aliphatic hydroxyl groups excluding tert-OH is 1. The third-order valence-electron chi connectivity index (χ3n) is 2.88. The van der Waals surface area contributed by atoms with Crippen molar-refractivity contribution in [1.29, 1.82) is 0 Å².